The molecule has 1 N–H and O–H groups in total. The summed E-state index contributed by atoms with van der Waals surface area (Å²) in [7, 11) is 0. The van der Waals surface area contributed by atoms with Crippen LogP contribution in [0.4, 0.5) is 0 Å². The number of carbonyl (C=O) groups is 1. The number of carboxylic acids is 1. The summed E-state index contributed by atoms with van der Waals surface area (Å²) >= 11 is 5.62. The third-order valence-electron chi connectivity index (χ3n) is 2.19. The number of aromatic carboxylic acids is 1. The molecule has 0 aliphatic rings. The molecule has 2 rings (SSSR count). The van der Waals surface area contributed by atoms with Gasteiger partial charge in [0.2, 0.25) is 5.76 Å². The quantitative estimate of drug-likeness (QED) is 0.831. The molecule has 0 saturated heterocycles. The van der Waals surface area contributed by atoms with Crippen LogP contribution in [0.2, 0.25) is 0 Å². The molecular weight excluding hydrogens is 228 g/mol. The minimum atomic E-state index is -1.09. The molecule has 3 nitrogen and oxygen atoms in total. The standard InChI is InChI=1S/C12H9ClO3/c13-7-9-6-10(11(16-9)12(14)15)8-4-2-1-3-5-8/h1-6H,7H2,(H,14,15). The molecule has 1 heterocycles. The molecule has 16 heavy (non-hydrogen) atoms. The average Bonchev–Trinajstić information content (AvgIpc) is 2.74. The van der Waals surface area contributed by atoms with Crippen molar-refractivity contribution in [3.05, 3.63) is 47.9 Å². The summed E-state index contributed by atoms with van der Waals surface area (Å²) in [4.78, 5) is 11.0. The van der Waals surface area contributed by atoms with Gasteiger partial charge in [-0.25, -0.2) is 4.79 Å². The van der Waals surface area contributed by atoms with Crippen molar-refractivity contribution >= 4 is 17.6 Å². The van der Waals surface area contributed by atoms with Crippen LogP contribution in [0.3, 0.4) is 0 Å². The highest BCUT2D eigenvalue weighted by molar-refractivity contribution is 6.17. The van der Waals surface area contributed by atoms with Gasteiger partial charge in [0.25, 0.3) is 0 Å². The summed E-state index contributed by atoms with van der Waals surface area (Å²) in [5.74, 6) is -0.539. The Hall–Kier alpha value is -1.74. The van der Waals surface area contributed by atoms with Crippen LogP contribution >= 0.6 is 11.6 Å². The van der Waals surface area contributed by atoms with Crippen LogP contribution < -0.4 is 0 Å². The van der Waals surface area contributed by atoms with E-state index in [1.165, 1.54) is 0 Å². The smallest absolute Gasteiger partial charge is 0.372 e. The molecule has 0 amide bonds. The minimum absolute atomic E-state index is 0.0677. The monoisotopic (exact) mass is 236 g/mol. The van der Waals surface area contributed by atoms with Crippen molar-refractivity contribution in [3.8, 4) is 11.1 Å². The molecule has 0 atom stereocenters. The van der Waals surface area contributed by atoms with E-state index in [-0.39, 0.29) is 11.6 Å². The summed E-state index contributed by atoms with van der Waals surface area (Å²) in [5.41, 5.74) is 1.36. The van der Waals surface area contributed by atoms with E-state index >= 15 is 0 Å². The molecule has 0 radical (unpaired) electrons. The van der Waals surface area contributed by atoms with E-state index in [9.17, 15) is 4.79 Å². The van der Waals surface area contributed by atoms with Gasteiger partial charge in [-0.2, -0.15) is 0 Å². The summed E-state index contributed by atoms with van der Waals surface area (Å²) in [6.45, 7) is 0. The Kier molecular flexibility index (Phi) is 2.97. The Balaban J connectivity index is 2.55. The Bertz CT molecular complexity index is 502. The van der Waals surface area contributed by atoms with Gasteiger partial charge in [-0.05, 0) is 11.6 Å². The van der Waals surface area contributed by atoms with Gasteiger partial charge in [0.1, 0.15) is 5.76 Å². The van der Waals surface area contributed by atoms with Gasteiger partial charge in [-0.1, -0.05) is 30.3 Å². The van der Waals surface area contributed by atoms with Crippen LogP contribution in [0.25, 0.3) is 11.1 Å². The number of halogens is 1. The molecule has 0 aliphatic carbocycles. The summed E-state index contributed by atoms with van der Waals surface area (Å²) in [6.07, 6.45) is 0. The molecule has 1 aromatic carbocycles. The maximum atomic E-state index is 11.0. The highest BCUT2D eigenvalue weighted by atomic mass is 35.5. The van der Waals surface area contributed by atoms with Crippen molar-refractivity contribution in [1.82, 2.24) is 0 Å². The normalized spacial score (nSPS) is 10.3. The molecule has 0 bridgehead atoms. The van der Waals surface area contributed by atoms with Gasteiger partial charge in [0.15, 0.2) is 0 Å². The largest absolute Gasteiger partial charge is 0.475 e. The van der Waals surface area contributed by atoms with Crippen LogP contribution in [0.1, 0.15) is 16.3 Å². The van der Waals surface area contributed by atoms with Gasteiger partial charge in [0, 0.05) is 5.56 Å². The Morgan fingerprint density at radius 3 is 2.56 bits per heavy atom. The maximum absolute atomic E-state index is 11.0. The Labute approximate surface area is 97.3 Å². The number of hydrogen-bond donors (Lipinski definition) is 1. The fraction of sp³-hybridized carbons (Fsp3) is 0.0833. The number of rotatable bonds is 3. The number of benzene rings is 1. The fourth-order valence-corrected chi connectivity index (χ4v) is 1.63. The number of alkyl halides is 1. The van der Waals surface area contributed by atoms with E-state index in [0.717, 1.165) is 5.56 Å². The zero-order valence-corrected chi connectivity index (χ0v) is 9.07. The van der Waals surface area contributed by atoms with Crippen LogP contribution in [-0.2, 0) is 5.88 Å². The molecule has 82 valence electrons. The average molecular weight is 237 g/mol. The van der Waals surface area contributed by atoms with Crippen LogP contribution in [0.5, 0.6) is 0 Å². The molecule has 1 aromatic heterocycles. The third kappa shape index (κ3) is 1.95. The van der Waals surface area contributed by atoms with Gasteiger partial charge >= 0.3 is 5.97 Å². The van der Waals surface area contributed by atoms with E-state index in [0.29, 0.717) is 11.3 Å². The van der Waals surface area contributed by atoms with Gasteiger partial charge in [-0.15, -0.1) is 11.6 Å². The van der Waals surface area contributed by atoms with Crippen molar-refractivity contribution in [3.63, 3.8) is 0 Å². The van der Waals surface area contributed by atoms with E-state index in [2.05, 4.69) is 0 Å². The Morgan fingerprint density at radius 2 is 2.00 bits per heavy atom. The molecule has 0 spiro atoms. The lowest BCUT2D eigenvalue weighted by atomic mass is 10.1. The highest BCUT2D eigenvalue weighted by Gasteiger charge is 2.18. The molecule has 2 aromatic rings. The first-order valence-corrected chi connectivity index (χ1v) is 5.23. The first kappa shape index (κ1) is 10.8. The molecule has 0 unspecified atom stereocenters. The number of carboxylic acid groups (broad SMARTS) is 1. The predicted octanol–water partition coefficient (Wildman–Crippen LogP) is 3.38. The summed E-state index contributed by atoms with van der Waals surface area (Å²) in [6, 6.07) is 10.9. The first-order valence-electron chi connectivity index (χ1n) is 4.69. The van der Waals surface area contributed by atoms with Gasteiger partial charge in [-0.3, -0.25) is 0 Å². The Morgan fingerprint density at radius 1 is 1.31 bits per heavy atom. The van der Waals surface area contributed by atoms with Crippen molar-refractivity contribution in [2.75, 3.05) is 0 Å². The van der Waals surface area contributed by atoms with Gasteiger partial charge in [0.05, 0.1) is 5.88 Å². The van der Waals surface area contributed by atoms with Crippen molar-refractivity contribution in [1.29, 1.82) is 0 Å². The van der Waals surface area contributed by atoms with Crippen molar-refractivity contribution < 1.29 is 14.3 Å². The summed E-state index contributed by atoms with van der Waals surface area (Å²) in [5, 5.41) is 9.00. The second-order valence-corrected chi connectivity index (χ2v) is 3.53. The zero-order chi connectivity index (χ0) is 11.5. The zero-order valence-electron chi connectivity index (χ0n) is 8.31. The van der Waals surface area contributed by atoms with E-state index < -0.39 is 5.97 Å². The lowest BCUT2D eigenvalue weighted by molar-refractivity contribution is 0.0662. The second kappa shape index (κ2) is 4.41. The van der Waals surface area contributed by atoms with Crippen LogP contribution in [0.15, 0.2) is 40.8 Å². The molecule has 4 heteroatoms. The number of furan rings is 1. The highest BCUT2D eigenvalue weighted by Crippen LogP contribution is 2.27. The summed E-state index contributed by atoms with van der Waals surface area (Å²) < 4.78 is 5.15. The topological polar surface area (TPSA) is 50.4 Å². The first-order chi connectivity index (χ1) is 7.72. The van der Waals surface area contributed by atoms with Crippen molar-refractivity contribution in [2.24, 2.45) is 0 Å². The fourth-order valence-electron chi connectivity index (χ4n) is 1.50. The minimum Gasteiger partial charge on any atom is -0.475 e. The molecule has 0 fully saturated rings. The third-order valence-corrected chi connectivity index (χ3v) is 2.46. The SMILES string of the molecule is O=C(O)c1oc(CCl)cc1-c1ccccc1. The maximum Gasteiger partial charge on any atom is 0.372 e. The molecular formula is C12H9ClO3. The van der Waals surface area contributed by atoms with Gasteiger partial charge < -0.3 is 9.52 Å². The van der Waals surface area contributed by atoms with Crippen molar-refractivity contribution in [2.45, 2.75) is 5.88 Å². The van der Waals surface area contributed by atoms with Crippen LogP contribution in [-0.4, -0.2) is 11.1 Å². The van der Waals surface area contributed by atoms with E-state index in [1.54, 1.807) is 6.07 Å². The lowest BCUT2D eigenvalue weighted by Gasteiger charge is -1.97. The van der Waals surface area contributed by atoms with E-state index in [1.807, 2.05) is 30.3 Å². The predicted molar refractivity (Wildman–Crippen MR) is 60.7 cm³/mol. The lowest BCUT2D eigenvalue weighted by Crippen LogP contribution is -1.95. The second-order valence-electron chi connectivity index (χ2n) is 3.26. The molecule has 0 aliphatic heterocycles. The molecule has 0 saturated carbocycles. The van der Waals surface area contributed by atoms with E-state index in [4.69, 9.17) is 21.1 Å². The van der Waals surface area contributed by atoms with Crippen LogP contribution in [0, 0.1) is 0 Å². The number of hydrogen-bond acceptors (Lipinski definition) is 2.